The number of hydrogen-bond donors (Lipinski definition) is 1. The predicted octanol–water partition coefficient (Wildman–Crippen LogP) is 5.47. The van der Waals surface area contributed by atoms with E-state index < -0.39 is 11.6 Å². The van der Waals surface area contributed by atoms with Crippen LogP contribution in [0.4, 0.5) is 0 Å². The van der Waals surface area contributed by atoms with E-state index in [0.29, 0.717) is 15.8 Å². The predicted molar refractivity (Wildman–Crippen MR) is 124 cm³/mol. The second kappa shape index (κ2) is 10.5. The third-order valence-corrected chi connectivity index (χ3v) is 5.24. The van der Waals surface area contributed by atoms with E-state index in [4.69, 9.17) is 27.9 Å². The fourth-order valence-corrected chi connectivity index (χ4v) is 3.39. The second-order valence-electron chi connectivity index (χ2n) is 7.93. The maximum absolute atomic E-state index is 13.0. The highest BCUT2D eigenvalue weighted by Crippen LogP contribution is 2.27. The quantitative estimate of drug-likeness (QED) is 0.532. The lowest BCUT2D eigenvalue weighted by Gasteiger charge is -2.31. The van der Waals surface area contributed by atoms with Crippen LogP contribution in [0.5, 0.6) is 5.75 Å². The summed E-state index contributed by atoms with van der Waals surface area (Å²) in [6.07, 6.45) is 0. The minimum absolute atomic E-state index is 0.238. The van der Waals surface area contributed by atoms with E-state index >= 15 is 0 Å². The van der Waals surface area contributed by atoms with Crippen LogP contribution in [0.25, 0.3) is 0 Å². The summed E-state index contributed by atoms with van der Waals surface area (Å²) in [5, 5.41) is 3.71. The minimum Gasteiger partial charge on any atom is -0.482 e. The van der Waals surface area contributed by atoms with Crippen LogP contribution in [-0.4, -0.2) is 34.9 Å². The summed E-state index contributed by atoms with van der Waals surface area (Å²) in [4.78, 5) is 27.2. The molecule has 2 aromatic carbocycles. The first-order valence-electron chi connectivity index (χ1n) is 9.40. The Hall–Kier alpha value is -1.76. The normalized spacial score (nSPS) is 12.2. The van der Waals surface area contributed by atoms with Crippen LogP contribution in [0.15, 0.2) is 46.9 Å². The maximum atomic E-state index is 13.0. The first kappa shape index (κ1) is 24.5. The molecule has 0 saturated carbocycles. The Morgan fingerprint density at radius 3 is 2.33 bits per heavy atom. The molecule has 0 spiro atoms. The Balaban J connectivity index is 2.18. The van der Waals surface area contributed by atoms with Gasteiger partial charge in [0.15, 0.2) is 6.61 Å². The van der Waals surface area contributed by atoms with Crippen molar-refractivity contribution >= 4 is 50.9 Å². The zero-order valence-electron chi connectivity index (χ0n) is 17.3. The zero-order chi connectivity index (χ0) is 22.5. The highest BCUT2D eigenvalue weighted by molar-refractivity contribution is 9.10. The number of hydrogen-bond acceptors (Lipinski definition) is 3. The molecule has 1 N–H and O–H groups in total. The summed E-state index contributed by atoms with van der Waals surface area (Å²) in [5.74, 6) is -0.220. The Kier molecular flexibility index (Phi) is 8.59. The lowest BCUT2D eigenvalue weighted by atomic mass is 10.1. The van der Waals surface area contributed by atoms with Gasteiger partial charge in [-0.15, -0.1) is 0 Å². The van der Waals surface area contributed by atoms with Crippen molar-refractivity contribution < 1.29 is 14.3 Å². The van der Waals surface area contributed by atoms with Gasteiger partial charge in [-0.1, -0.05) is 51.3 Å². The van der Waals surface area contributed by atoms with Gasteiger partial charge in [0.25, 0.3) is 5.91 Å². The molecule has 162 valence electrons. The Bertz CT molecular complexity index is 898. The molecule has 0 unspecified atom stereocenters. The first-order chi connectivity index (χ1) is 14.0. The smallest absolute Gasteiger partial charge is 0.261 e. The van der Waals surface area contributed by atoms with Crippen LogP contribution >= 0.6 is 39.1 Å². The number of nitrogens with one attached hydrogen (secondary N) is 1. The van der Waals surface area contributed by atoms with Gasteiger partial charge in [-0.2, -0.15) is 0 Å². The van der Waals surface area contributed by atoms with Gasteiger partial charge < -0.3 is 15.0 Å². The molecule has 1 atom stereocenters. The molecule has 8 heteroatoms. The van der Waals surface area contributed by atoms with Crippen molar-refractivity contribution in [2.75, 3.05) is 6.61 Å². The van der Waals surface area contributed by atoms with E-state index in [2.05, 4.69) is 21.2 Å². The van der Waals surface area contributed by atoms with E-state index in [9.17, 15) is 9.59 Å². The lowest BCUT2D eigenvalue weighted by molar-refractivity contribution is -0.142. The number of amides is 2. The summed E-state index contributed by atoms with van der Waals surface area (Å²) in [6, 6.07) is 11.7. The number of benzene rings is 2. The summed E-state index contributed by atoms with van der Waals surface area (Å²) in [6.45, 7) is 7.39. The lowest BCUT2D eigenvalue weighted by Crippen LogP contribution is -2.53. The standard InChI is InChI=1S/C22H25BrCl2N2O3/c1-14(21(29)26-22(2,3)4)27(12-15-5-7-16(23)8-6-15)20(28)13-30-19-10-9-17(24)11-18(19)25/h5-11,14H,12-13H2,1-4H3,(H,26,29)/t14-/m1/s1. The van der Waals surface area contributed by atoms with Gasteiger partial charge in [-0.25, -0.2) is 0 Å². The van der Waals surface area contributed by atoms with E-state index in [1.165, 1.54) is 4.90 Å². The highest BCUT2D eigenvalue weighted by atomic mass is 79.9. The monoisotopic (exact) mass is 514 g/mol. The van der Waals surface area contributed by atoms with Gasteiger partial charge in [-0.05, 0) is 63.6 Å². The van der Waals surface area contributed by atoms with Crippen molar-refractivity contribution in [2.24, 2.45) is 0 Å². The molecule has 0 saturated heterocycles. The third-order valence-electron chi connectivity index (χ3n) is 4.18. The summed E-state index contributed by atoms with van der Waals surface area (Å²) >= 11 is 15.4. The molecule has 0 aliphatic rings. The fraction of sp³-hybridized carbons (Fsp3) is 0.364. The molecule has 0 aliphatic heterocycles. The van der Waals surface area contributed by atoms with Crippen molar-refractivity contribution in [3.8, 4) is 5.75 Å². The highest BCUT2D eigenvalue weighted by Gasteiger charge is 2.28. The van der Waals surface area contributed by atoms with Crippen molar-refractivity contribution in [2.45, 2.75) is 45.8 Å². The van der Waals surface area contributed by atoms with Crippen molar-refractivity contribution in [3.05, 3.63) is 62.5 Å². The van der Waals surface area contributed by atoms with E-state index in [1.54, 1.807) is 25.1 Å². The molecule has 2 aromatic rings. The van der Waals surface area contributed by atoms with Crippen molar-refractivity contribution in [3.63, 3.8) is 0 Å². The molecule has 0 radical (unpaired) electrons. The van der Waals surface area contributed by atoms with Crippen LogP contribution in [0.1, 0.15) is 33.3 Å². The van der Waals surface area contributed by atoms with Crippen LogP contribution < -0.4 is 10.1 Å². The van der Waals surface area contributed by atoms with Gasteiger partial charge in [0.1, 0.15) is 11.8 Å². The average Bonchev–Trinajstić information content (AvgIpc) is 2.64. The molecular weight excluding hydrogens is 491 g/mol. The van der Waals surface area contributed by atoms with Crippen LogP contribution in [0, 0.1) is 0 Å². The Labute approximate surface area is 195 Å². The van der Waals surface area contributed by atoms with Crippen molar-refractivity contribution in [1.82, 2.24) is 10.2 Å². The number of nitrogens with zero attached hydrogens (tertiary/aromatic N) is 1. The van der Waals surface area contributed by atoms with E-state index in [0.717, 1.165) is 10.0 Å². The zero-order valence-corrected chi connectivity index (χ0v) is 20.4. The number of carbonyl (C=O) groups is 2. The number of halogens is 3. The van der Waals surface area contributed by atoms with Crippen molar-refractivity contribution in [1.29, 1.82) is 0 Å². The molecule has 2 rings (SSSR count). The SMILES string of the molecule is C[C@H](C(=O)NC(C)(C)C)N(Cc1ccc(Br)cc1)C(=O)COc1ccc(Cl)cc1Cl. The molecule has 30 heavy (non-hydrogen) atoms. The molecule has 0 bridgehead atoms. The number of ether oxygens (including phenoxy) is 1. The summed E-state index contributed by atoms with van der Waals surface area (Å²) in [5.41, 5.74) is 0.483. The van der Waals surface area contributed by atoms with Gasteiger partial charge in [0, 0.05) is 21.6 Å². The number of rotatable bonds is 7. The molecule has 2 amide bonds. The maximum Gasteiger partial charge on any atom is 0.261 e. The molecule has 0 heterocycles. The van der Waals surface area contributed by atoms with E-state index in [1.807, 2.05) is 45.0 Å². The fourth-order valence-electron chi connectivity index (χ4n) is 2.66. The molecule has 0 aliphatic carbocycles. The van der Waals surface area contributed by atoms with Gasteiger partial charge >= 0.3 is 0 Å². The largest absolute Gasteiger partial charge is 0.482 e. The van der Waals surface area contributed by atoms with Crippen LogP contribution in [0.2, 0.25) is 10.0 Å². The first-order valence-corrected chi connectivity index (χ1v) is 10.9. The molecular formula is C22H25BrCl2N2O3. The summed E-state index contributed by atoms with van der Waals surface area (Å²) in [7, 11) is 0. The minimum atomic E-state index is -0.690. The Morgan fingerprint density at radius 1 is 1.13 bits per heavy atom. The van der Waals surface area contributed by atoms with Crippen LogP contribution in [-0.2, 0) is 16.1 Å². The second-order valence-corrected chi connectivity index (χ2v) is 9.69. The number of carbonyl (C=O) groups excluding carboxylic acids is 2. The summed E-state index contributed by atoms with van der Waals surface area (Å²) < 4.78 is 6.53. The van der Waals surface area contributed by atoms with Gasteiger partial charge in [0.05, 0.1) is 5.02 Å². The van der Waals surface area contributed by atoms with Crippen LogP contribution in [0.3, 0.4) is 0 Å². The molecule has 0 fully saturated rings. The molecule has 0 aromatic heterocycles. The Morgan fingerprint density at radius 2 is 1.77 bits per heavy atom. The van der Waals surface area contributed by atoms with E-state index in [-0.39, 0.29) is 25.0 Å². The van der Waals surface area contributed by atoms with Gasteiger partial charge in [-0.3, -0.25) is 9.59 Å². The van der Waals surface area contributed by atoms with Gasteiger partial charge in [0.2, 0.25) is 5.91 Å². The third kappa shape index (κ3) is 7.49. The average molecular weight is 516 g/mol. The molecule has 5 nitrogen and oxygen atoms in total. The topological polar surface area (TPSA) is 58.6 Å².